The molecule has 1 aliphatic heterocycles. The summed E-state index contributed by atoms with van der Waals surface area (Å²) in [5.74, 6) is -1.47. The number of halogens is 1. The summed E-state index contributed by atoms with van der Waals surface area (Å²) < 4.78 is 10.8. The van der Waals surface area contributed by atoms with E-state index in [1.807, 2.05) is 0 Å². The number of nitrogens with zero attached hydrogens (tertiary/aromatic N) is 2. The fraction of sp³-hybridized carbons (Fsp3) is 0.125. The number of methoxy groups -OCH3 is 2. The van der Waals surface area contributed by atoms with Gasteiger partial charge in [-0.05, 0) is 48.5 Å². The molecule has 1 unspecified atom stereocenters. The van der Waals surface area contributed by atoms with Crippen LogP contribution in [0.5, 0.6) is 11.5 Å². The number of ether oxygens (including phenoxy) is 2. The maximum absolute atomic E-state index is 13.2. The van der Waals surface area contributed by atoms with Crippen molar-refractivity contribution >= 4 is 34.7 Å². The van der Waals surface area contributed by atoms with Crippen molar-refractivity contribution in [2.45, 2.75) is 6.04 Å². The molecule has 4 rings (SSSR count). The zero-order valence-corrected chi connectivity index (χ0v) is 18.0. The van der Waals surface area contributed by atoms with Gasteiger partial charge >= 0.3 is 0 Å². The summed E-state index contributed by atoms with van der Waals surface area (Å²) in [7, 11) is 2.88. The van der Waals surface area contributed by atoms with E-state index in [1.165, 1.54) is 19.1 Å². The number of benzene rings is 2. The Hall–Kier alpha value is -3.84. The molecule has 3 aromatic rings. The molecule has 0 radical (unpaired) electrons. The van der Waals surface area contributed by atoms with Crippen LogP contribution in [0.3, 0.4) is 0 Å². The average Bonchev–Trinajstić information content (AvgIpc) is 3.09. The number of ketones is 1. The predicted molar refractivity (Wildman–Crippen MR) is 120 cm³/mol. The number of carbonyl (C=O) groups excluding carboxylic acids is 2. The van der Waals surface area contributed by atoms with E-state index in [-0.39, 0.29) is 11.1 Å². The van der Waals surface area contributed by atoms with Gasteiger partial charge in [0.1, 0.15) is 28.9 Å². The second-order valence-electron chi connectivity index (χ2n) is 6.94. The Bertz CT molecular complexity index is 1190. The van der Waals surface area contributed by atoms with Crippen LogP contribution in [0.25, 0.3) is 5.76 Å². The topological polar surface area (TPSA) is 89.0 Å². The van der Waals surface area contributed by atoms with Crippen molar-refractivity contribution in [1.82, 2.24) is 4.98 Å². The van der Waals surface area contributed by atoms with E-state index in [1.54, 1.807) is 66.9 Å². The van der Waals surface area contributed by atoms with Crippen molar-refractivity contribution in [3.8, 4) is 11.5 Å². The smallest absolute Gasteiger partial charge is 0.300 e. The molecule has 1 aliphatic rings. The van der Waals surface area contributed by atoms with Crippen LogP contribution < -0.4 is 14.4 Å². The molecule has 1 atom stereocenters. The molecular weight excluding hydrogens is 432 g/mol. The van der Waals surface area contributed by atoms with Gasteiger partial charge < -0.3 is 14.6 Å². The molecule has 0 aliphatic carbocycles. The number of pyridine rings is 1. The van der Waals surface area contributed by atoms with Gasteiger partial charge in [-0.1, -0.05) is 23.7 Å². The third-order valence-corrected chi connectivity index (χ3v) is 5.43. The first kappa shape index (κ1) is 21.4. The van der Waals surface area contributed by atoms with E-state index in [0.717, 1.165) is 0 Å². The Morgan fingerprint density at radius 1 is 0.969 bits per heavy atom. The summed E-state index contributed by atoms with van der Waals surface area (Å²) in [5, 5.41) is 11.8. The summed E-state index contributed by atoms with van der Waals surface area (Å²) in [6.07, 6.45) is 1.56. The maximum Gasteiger partial charge on any atom is 0.300 e. The van der Waals surface area contributed by atoms with Crippen LogP contribution in [0.1, 0.15) is 17.3 Å². The highest BCUT2D eigenvalue weighted by molar-refractivity contribution is 6.51. The number of Topliss-reactive ketones (excluding diaryl/α,β-unsaturated/α-hetero) is 1. The lowest BCUT2D eigenvalue weighted by atomic mass is 9.97. The van der Waals surface area contributed by atoms with Crippen LogP contribution >= 0.6 is 11.6 Å². The van der Waals surface area contributed by atoms with Gasteiger partial charge in [0.2, 0.25) is 0 Å². The first-order valence-corrected chi connectivity index (χ1v) is 10.0. The summed E-state index contributed by atoms with van der Waals surface area (Å²) in [6, 6.07) is 15.6. The van der Waals surface area contributed by atoms with Gasteiger partial charge in [0, 0.05) is 16.9 Å². The Morgan fingerprint density at radius 2 is 1.62 bits per heavy atom. The molecule has 7 nitrogen and oxygen atoms in total. The molecule has 1 amide bonds. The summed E-state index contributed by atoms with van der Waals surface area (Å²) in [5.41, 5.74) is 0.911. The molecule has 0 saturated carbocycles. The monoisotopic (exact) mass is 450 g/mol. The molecule has 2 aromatic carbocycles. The van der Waals surface area contributed by atoms with Crippen LogP contribution in [-0.2, 0) is 9.59 Å². The number of hydrogen-bond donors (Lipinski definition) is 1. The molecule has 1 N–H and O–H groups in total. The Labute approximate surface area is 189 Å². The lowest BCUT2D eigenvalue weighted by molar-refractivity contribution is -0.132. The van der Waals surface area contributed by atoms with Crippen molar-refractivity contribution in [2.75, 3.05) is 19.1 Å². The van der Waals surface area contributed by atoms with Crippen molar-refractivity contribution in [2.24, 2.45) is 0 Å². The normalized spacial score (nSPS) is 17.5. The highest BCUT2D eigenvalue weighted by Crippen LogP contribution is 2.44. The molecule has 0 bridgehead atoms. The van der Waals surface area contributed by atoms with Gasteiger partial charge in [0.15, 0.2) is 0 Å². The number of aromatic nitrogens is 1. The number of aliphatic hydroxyl groups is 1. The van der Waals surface area contributed by atoms with Crippen molar-refractivity contribution in [1.29, 1.82) is 0 Å². The van der Waals surface area contributed by atoms with E-state index in [9.17, 15) is 14.7 Å². The largest absolute Gasteiger partial charge is 0.506 e. The van der Waals surface area contributed by atoms with Crippen LogP contribution in [-0.4, -0.2) is 36.0 Å². The van der Waals surface area contributed by atoms with Crippen LogP contribution in [0.15, 0.2) is 72.4 Å². The van der Waals surface area contributed by atoms with E-state index < -0.39 is 23.5 Å². The third-order valence-electron chi connectivity index (χ3n) is 5.18. The van der Waals surface area contributed by atoms with Gasteiger partial charge in [-0.25, -0.2) is 0 Å². The van der Waals surface area contributed by atoms with Crippen LogP contribution in [0, 0.1) is 0 Å². The lowest BCUT2D eigenvalue weighted by Gasteiger charge is -2.25. The highest BCUT2D eigenvalue weighted by atomic mass is 35.5. The Balaban J connectivity index is 2.00. The number of rotatable bonds is 5. The molecule has 8 heteroatoms. The van der Waals surface area contributed by atoms with Gasteiger partial charge in [0.05, 0.1) is 25.5 Å². The summed E-state index contributed by atoms with van der Waals surface area (Å²) in [4.78, 5) is 32.0. The number of aliphatic hydroxyl groups excluding tert-OH is 1. The maximum atomic E-state index is 13.2. The standard InChI is InChI=1S/C24H19ClN2O5/c1-31-17-7-5-8-18(32-2)19(17)22(28)20-21(16-6-3-4-13-26-16)27(24(30)23(20)29)15-11-9-14(25)10-12-15/h3-13,21,28H,1-2H3/b22-20+. The summed E-state index contributed by atoms with van der Waals surface area (Å²) >= 11 is 6.00. The predicted octanol–water partition coefficient (Wildman–Crippen LogP) is 4.38. The molecular formula is C24H19ClN2O5. The first-order valence-electron chi connectivity index (χ1n) is 9.66. The van der Waals surface area contributed by atoms with E-state index in [0.29, 0.717) is 27.9 Å². The number of amides is 1. The third kappa shape index (κ3) is 3.56. The molecule has 1 aromatic heterocycles. The quantitative estimate of drug-likeness (QED) is 0.352. The van der Waals surface area contributed by atoms with Crippen LogP contribution in [0.4, 0.5) is 5.69 Å². The Morgan fingerprint density at radius 3 is 2.19 bits per heavy atom. The molecule has 1 fully saturated rings. The van der Waals surface area contributed by atoms with Crippen LogP contribution in [0.2, 0.25) is 5.02 Å². The molecule has 32 heavy (non-hydrogen) atoms. The second-order valence-corrected chi connectivity index (χ2v) is 7.37. The van der Waals surface area contributed by atoms with Crippen molar-refractivity contribution < 1.29 is 24.2 Å². The summed E-state index contributed by atoms with van der Waals surface area (Å²) in [6.45, 7) is 0. The molecule has 2 heterocycles. The van der Waals surface area contributed by atoms with Gasteiger partial charge in [-0.15, -0.1) is 0 Å². The Kier molecular flexibility index (Phi) is 5.83. The SMILES string of the molecule is COc1cccc(OC)c1/C(O)=C1\C(=O)C(=O)N(c2ccc(Cl)cc2)C1c1ccccn1. The highest BCUT2D eigenvalue weighted by Gasteiger charge is 2.48. The van der Waals surface area contributed by atoms with Crippen molar-refractivity contribution in [3.05, 3.63) is 88.7 Å². The fourth-order valence-corrected chi connectivity index (χ4v) is 3.86. The second kappa shape index (κ2) is 8.72. The van der Waals surface area contributed by atoms with E-state index in [2.05, 4.69) is 4.98 Å². The number of anilines is 1. The molecule has 0 spiro atoms. The van der Waals surface area contributed by atoms with E-state index in [4.69, 9.17) is 21.1 Å². The molecule has 1 saturated heterocycles. The zero-order valence-electron chi connectivity index (χ0n) is 17.3. The average molecular weight is 451 g/mol. The van der Waals surface area contributed by atoms with Gasteiger partial charge in [0.25, 0.3) is 11.7 Å². The number of carbonyl (C=O) groups is 2. The lowest BCUT2D eigenvalue weighted by Crippen LogP contribution is -2.29. The van der Waals surface area contributed by atoms with Gasteiger partial charge in [-0.3, -0.25) is 19.5 Å². The molecule has 162 valence electrons. The zero-order chi connectivity index (χ0) is 22.8. The minimum atomic E-state index is -0.966. The van der Waals surface area contributed by atoms with E-state index >= 15 is 0 Å². The number of hydrogen-bond acceptors (Lipinski definition) is 6. The van der Waals surface area contributed by atoms with Crippen molar-refractivity contribution in [3.63, 3.8) is 0 Å². The first-order chi connectivity index (χ1) is 15.5. The minimum absolute atomic E-state index is 0.119. The fourth-order valence-electron chi connectivity index (χ4n) is 3.74. The van der Waals surface area contributed by atoms with Gasteiger partial charge in [-0.2, -0.15) is 0 Å². The minimum Gasteiger partial charge on any atom is -0.506 e.